The number of aryl methyl sites for hydroxylation is 1. The second kappa shape index (κ2) is 7.50. The molecule has 1 heteroatoms. The van der Waals surface area contributed by atoms with E-state index in [2.05, 4.69) is 57.3 Å². The lowest BCUT2D eigenvalue weighted by molar-refractivity contribution is 0.439. The fourth-order valence-corrected chi connectivity index (χ4v) is 2.19. The summed E-state index contributed by atoms with van der Waals surface area (Å²) in [6.07, 6.45) is 4.92. The van der Waals surface area contributed by atoms with Crippen molar-refractivity contribution in [3.05, 3.63) is 35.4 Å². The number of unbranched alkanes of at least 4 members (excludes halogenated alkanes) is 1. The summed E-state index contributed by atoms with van der Waals surface area (Å²) < 4.78 is 0. The molecule has 0 heterocycles. The van der Waals surface area contributed by atoms with E-state index in [9.17, 15) is 0 Å². The predicted octanol–water partition coefficient (Wildman–Crippen LogP) is 4.48. The molecule has 1 atom stereocenters. The van der Waals surface area contributed by atoms with Gasteiger partial charge in [-0.3, -0.25) is 0 Å². The molecule has 1 N–H and O–H groups in total. The number of nitrogens with one attached hydrogen (secondary N) is 1. The Balaban J connectivity index is 2.78. The van der Waals surface area contributed by atoms with E-state index in [0.29, 0.717) is 12.1 Å². The lowest BCUT2D eigenvalue weighted by atomic mass is 9.98. The Labute approximate surface area is 107 Å². The molecule has 0 amide bonds. The van der Waals surface area contributed by atoms with Crippen LogP contribution in [0.25, 0.3) is 0 Å². The second-order valence-electron chi connectivity index (χ2n) is 5.11. The van der Waals surface area contributed by atoms with Gasteiger partial charge in [-0.05, 0) is 24.0 Å². The lowest BCUT2D eigenvalue weighted by Gasteiger charge is -2.22. The minimum absolute atomic E-state index is 0.515. The highest BCUT2D eigenvalue weighted by Crippen LogP contribution is 2.21. The quantitative estimate of drug-likeness (QED) is 0.732. The maximum Gasteiger partial charge on any atom is 0.0322 e. The zero-order valence-electron chi connectivity index (χ0n) is 11.8. The molecule has 0 aliphatic carbocycles. The Morgan fingerprint density at radius 1 is 1.18 bits per heavy atom. The van der Waals surface area contributed by atoms with E-state index in [-0.39, 0.29) is 0 Å². The Morgan fingerprint density at radius 2 is 1.94 bits per heavy atom. The SMILES string of the molecule is CCCCC(NC(C)C)c1cccc(CC)c1. The van der Waals surface area contributed by atoms with Gasteiger partial charge in [0.15, 0.2) is 0 Å². The first kappa shape index (κ1) is 14.2. The van der Waals surface area contributed by atoms with Crippen LogP contribution in [-0.2, 0) is 6.42 Å². The highest BCUT2D eigenvalue weighted by molar-refractivity contribution is 5.26. The second-order valence-corrected chi connectivity index (χ2v) is 5.11. The molecule has 1 aromatic rings. The highest BCUT2D eigenvalue weighted by atomic mass is 14.9. The Morgan fingerprint density at radius 3 is 2.53 bits per heavy atom. The Bertz CT molecular complexity index is 317. The van der Waals surface area contributed by atoms with Crippen molar-refractivity contribution in [3.63, 3.8) is 0 Å². The van der Waals surface area contributed by atoms with Crippen LogP contribution in [0.1, 0.15) is 64.1 Å². The van der Waals surface area contributed by atoms with Gasteiger partial charge in [0.1, 0.15) is 0 Å². The van der Waals surface area contributed by atoms with Gasteiger partial charge in [0.05, 0.1) is 0 Å². The van der Waals surface area contributed by atoms with E-state index in [0.717, 1.165) is 6.42 Å². The molecular formula is C16H27N. The van der Waals surface area contributed by atoms with Crippen LogP contribution in [-0.4, -0.2) is 6.04 Å². The van der Waals surface area contributed by atoms with Crippen LogP contribution >= 0.6 is 0 Å². The summed E-state index contributed by atoms with van der Waals surface area (Å²) in [6, 6.07) is 10.1. The third kappa shape index (κ3) is 4.91. The molecule has 0 saturated heterocycles. The summed E-state index contributed by atoms with van der Waals surface area (Å²) in [4.78, 5) is 0. The Kier molecular flexibility index (Phi) is 6.28. The number of rotatable bonds is 7. The third-order valence-corrected chi connectivity index (χ3v) is 3.14. The topological polar surface area (TPSA) is 12.0 Å². The summed E-state index contributed by atoms with van der Waals surface area (Å²) in [6.45, 7) is 8.93. The van der Waals surface area contributed by atoms with Crippen molar-refractivity contribution in [3.8, 4) is 0 Å². The molecule has 0 fully saturated rings. The molecule has 0 aromatic heterocycles. The van der Waals surface area contributed by atoms with Crippen molar-refractivity contribution in [1.82, 2.24) is 5.32 Å². The first-order valence-corrected chi connectivity index (χ1v) is 7.02. The molecule has 0 aliphatic heterocycles. The summed E-state index contributed by atoms with van der Waals surface area (Å²) >= 11 is 0. The van der Waals surface area contributed by atoms with E-state index in [1.165, 1.54) is 30.4 Å². The molecule has 1 unspecified atom stereocenters. The number of benzene rings is 1. The normalized spacial score (nSPS) is 13.0. The van der Waals surface area contributed by atoms with Crippen LogP contribution < -0.4 is 5.32 Å². The largest absolute Gasteiger partial charge is 0.308 e. The highest BCUT2D eigenvalue weighted by Gasteiger charge is 2.11. The van der Waals surface area contributed by atoms with E-state index in [4.69, 9.17) is 0 Å². The summed E-state index contributed by atoms with van der Waals surface area (Å²) in [7, 11) is 0. The summed E-state index contributed by atoms with van der Waals surface area (Å²) in [5.74, 6) is 0. The van der Waals surface area contributed by atoms with Crippen molar-refractivity contribution < 1.29 is 0 Å². The Hall–Kier alpha value is -0.820. The van der Waals surface area contributed by atoms with Gasteiger partial charge < -0.3 is 5.32 Å². The molecule has 1 rings (SSSR count). The minimum Gasteiger partial charge on any atom is -0.308 e. The van der Waals surface area contributed by atoms with E-state index in [1.54, 1.807) is 0 Å². The van der Waals surface area contributed by atoms with Crippen molar-refractivity contribution in [2.75, 3.05) is 0 Å². The lowest BCUT2D eigenvalue weighted by Crippen LogP contribution is -2.28. The van der Waals surface area contributed by atoms with Crippen LogP contribution in [0.3, 0.4) is 0 Å². The van der Waals surface area contributed by atoms with E-state index < -0.39 is 0 Å². The standard InChI is InChI=1S/C16H27N/c1-5-7-11-16(17-13(3)4)15-10-8-9-14(6-2)12-15/h8-10,12-13,16-17H,5-7,11H2,1-4H3. The summed E-state index contributed by atoms with van der Waals surface area (Å²) in [5.41, 5.74) is 2.89. The molecule has 96 valence electrons. The predicted molar refractivity (Wildman–Crippen MR) is 76.4 cm³/mol. The van der Waals surface area contributed by atoms with Gasteiger partial charge in [0.25, 0.3) is 0 Å². The van der Waals surface area contributed by atoms with Crippen molar-refractivity contribution in [2.45, 2.75) is 65.5 Å². The van der Waals surface area contributed by atoms with Crippen LogP contribution in [0.15, 0.2) is 24.3 Å². The van der Waals surface area contributed by atoms with Gasteiger partial charge in [-0.15, -0.1) is 0 Å². The molecule has 17 heavy (non-hydrogen) atoms. The maximum absolute atomic E-state index is 3.68. The molecular weight excluding hydrogens is 206 g/mol. The molecule has 0 aliphatic rings. The van der Waals surface area contributed by atoms with Crippen LogP contribution in [0.2, 0.25) is 0 Å². The van der Waals surface area contributed by atoms with Gasteiger partial charge in [0, 0.05) is 12.1 Å². The smallest absolute Gasteiger partial charge is 0.0322 e. The van der Waals surface area contributed by atoms with Gasteiger partial charge in [-0.25, -0.2) is 0 Å². The minimum atomic E-state index is 0.515. The van der Waals surface area contributed by atoms with Crippen molar-refractivity contribution in [1.29, 1.82) is 0 Å². The van der Waals surface area contributed by atoms with E-state index in [1.807, 2.05) is 0 Å². The van der Waals surface area contributed by atoms with Gasteiger partial charge >= 0.3 is 0 Å². The summed E-state index contributed by atoms with van der Waals surface area (Å²) in [5, 5.41) is 3.68. The van der Waals surface area contributed by atoms with Crippen molar-refractivity contribution in [2.24, 2.45) is 0 Å². The van der Waals surface area contributed by atoms with E-state index >= 15 is 0 Å². The fraction of sp³-hybridized carbons (Fsp3) is 0.625. The fourth-order valence-electron chi connectivity index (χ4n) is 2.19. The van der Waals surface area contributed by atoms with Gasteiger partial charge in [-0.2, -0.15) is 0 Å². The zero-order chi connectivity index (χ0) is 12.7. The number of hydrogen-bond acceptors (Lipinski definition) is 1. The van der Waals surface area contributed by atoms with Crippen LogP contribution in [0.4, 0.5) is 0 Å². The average Bonchev–Trinajstić information content (AvgIpc) is 2.34. The van der Waals surface area contributed by atoms with Crippen molar-refractivity contribution >= 4 is 0 Å². The molecule has 1 aromatic carbocycles. The molecule has 1 nitrogen and oxygen atoms in total. The van der Waals surface area contributed by atoms with Gasteiger partial charge in [-0.1, -0.05) is 64.8 Å². The van der Waals surface area contributed by atoms with Crippen LogP contribution in [0, 0.1) is 0 Å². The molecule has 0 radical (unpaired) electrons. The first-order chi connectivity index (χ1) is 8.17. The third-order valence-electron chi connectivity index (χ3n) is 3.14. The van der Waals surface area contributed by atoms with Crippen LogP contribution in [0.5, 0.6) is 0 Å². The maximum atomic E-state index is 3.68. The van der Waals surface area contributed by atoms with Gasteiger partial charge in [0.2, 0.25) is 0 Å². The monoisotopic (exact) mass is 233 g/mol. The molecule has 0 saturated carbocycles. The average molecular weight is 233 g/mol. The molecule has 0 bridgehead atoms. The number of hydrogen-bond donors (Lipinski definition) is 1. The molecule has 0 spiro atoms. The zero-order valence-corrected chi connectivity index (χ0v) is 11.8. The first-order valence-electron chi connectivity index (χ1n) is 7.02.